The molecule has 5 heteroatoms. The van der Waals surface area contributed by atoms with Crippen LogP contribution in [0.3, 0.4) is 0 Å². The molecule has 0 unspecified atom stereocenters. The molecule has 0 saturated heterocycles. The lowest BCUT2D eigenvalue weighted by molar-refractivity contribution is -0.120. The van der Waals surface area contributed by atoms with Crippen molar-refractivity contribution in [3.63, 3.8) is 0 Å². The zero-order valence-corrected chi connectivity index (χ0v) is 15.7. The number of halogens is 1. The Morgan fingerprint density at radius 2 is 1.79 bits per heavy atom. The molecular formula is C19H22ClNO2S. The van der Waals surface area contributed by atoms with Crippen molar-refractivity contribution in [2.75, 3.05) is 13.2 Å². The van der Waals surface area contributed by atoms with E-state index >= 15 is 0 Å². The third kappa shape index (κ3) is 6.10. The molecule has 0 radical (unpaired) electrons. The number of benzene rings is 2. The van der Waals surface area contributed by atoms with Gasteiger partial charge in [-0.15, -0.1) is 11.8 Å². The largest absolute Gasteiger partial charge is 0.492 e. The topological polar surface area (TPSA) is 38.3 Å². The fraction of sp³-hybridized carbons (Fsp3) is 0.316. The van der Waals surface area contributed by atoms with Crippen LogP contribution in [0.25, 0.3) is 0 Å². The van der Waals surface area contributed by atoms with Crippen molar-refractivity contribution in [2.24, 2.45) is 0 Å². The normalized spacial score (nSPS) is 11.8. The minimum atomic E-state index is -0.174. The minimum Gasteiger partial charge on any atom is -0.492 e. The fourth-order valence-electron chi connectivity index (χ4n) is 2.27. The first-order valence-corrected chi connectivity index (χ1v) is 9.11. The van der Waals surface area contributed by atoms with Crippen molar-refractivity contribution >= 4 is 29.3 Å². The van der Waals surface area contributed by atoms with Crippen molar-refractivity contribution < 1.29 is 9.53 Å². The van der Waals surface area contributed by atoms with Gasteiger partial charge in [0.25, 0.3) is 0 Å². The van der Waals surface area contributed by atoms with Crippen LogP contribution in [-0.4, -0.2) is 24.3 Å². The number of nitrogens with one attached hydrogen (secondary N) is 1. The summed E-state index contributed by atoms with van der Waals surface area (Å²) in [7, 11) is 0. The summed E-state index contributed by atoms with van der Waals surface area (Å²) >= 11 is 7.37. The Labute approximate surface area is 152 Å². The molecule has 0 spiro atoms. The van der Waals surface area contributed by atoms with Crippen LogP contribution in [0.1, 0.15) is 18.1 Å². The first kappa shape index (κ1) is 18.7. The van der Waals surface area contributed by atoms with Gasteiger partial charge in [0, 0.05) is 9.92 Å². The molecule has 0 fully saturated rings. The van der Waals surface area contributed by atoms with E-state index in [0.29, 0.717) is 18.2 Å². The van der Waals surface area contributed by atoms with Crippen molar-refractivity contribution in [1.82, 2.24) is 5.32 Å². The summed E-state index contributed by atoms with van der Waals surface area (Å²) in [6.45, 7) is 6.90. The Hall–Kier alpha value is -1.65. The summed E-state index contributed by atoms with van der Waals surface area (Å²) in [6.07, 6.45) is 0. The average Bonchev–Trinajstić information content (AvgIpc) is 2.52. The van der Waals surface area contributed by atoms with Crippen LogP contribution in [0.2, 0.25) is 5.02 Å². The highest BCUT2D eigenvalue weighted by molar-refractivity contribution is 8.00. The van der Waals surface area contributed by atoms with Crippen LogP contribution in [0.4, 0.5) is 0 Å². The highest BCUT2D eigenvalue weighted by Gasteiger charge is 2.13. The summed E-state index contributed by atoms with van der Waals surface area (Å²) in [5, 5.41) is 3.42. The minimum absolute atomic E-state index is 0.000951. The molecule has 0 heterocycles. The van der Waals surface area contributed by atoms with Gasteiger partial charge in [-0.25, -0.2) is 0 Å². The predicted molar refractivity (Wildman–Crippen MR) is 101 cm³/mol. The van der Waals surface area contributed by atoms with Gasteiger partial charge in [0.1, 0.15) is 12.4 Å². The lowest BCUT2D eigenvalue weighted by Crippen LogP contribution is -2.33. The molecule has 0 aliphatic heterocycles. The second kappa shape index (κ2) is 9.00. The van der Waals surface area contributed by atoms with E-state index in [9.17, 15) is 4.79 Å². The molecule has 0 aliphatic rings. The van der Waals surface area contributed by atoms with Crippen LogP contribution < -0.4 is 10.1 Å². The van der Waals surface area contributed by atoms with E-state index in [4.69, 9.17) is 16.3 Å². The smallest absolute Gasteiger partial charge is 0.233 e. The highest BCUT2D eigenvalue weighted by atomic mass is 35.5. The summed E-state index contributed by atoms with van der Waals surface area (Å²) < 4.78 is 5.69. The van der Waals surface area contributed by atoms with Crippen molar-refractivity contribution in [3.8, 4) is 5.75 Å². The summed E-state index contributed by atoms with van der Waals surface area (Å²) in [5.74, 6) is 0.837. The van der Waals surface area contributed by atoms with Gasteiger partial charge in [-0.05, 0) is 68.3 Å². The van der Waals surface area contributed by atoms with Crippen LogP contribution in [0.5, 0.6) is 5.75 Å². The SMILES string of the molecule is Cc1cc(C)cc(OCCNC(=O)[C@@H](C)Sc2ccc(Cl)cc2)c1. The molecule has 2 rings (SSSR count). The number of aryl methyl sites for hydroxylation is 2. The predicted octanol–water partition coefficient (Wildman–Crippen LogP) is 4.63. The first-order chi connectivity index (χ1) is 11.4. The Morgan fingerprint density at radius 3 is 2.42 bits per heavy atom. The van der Waals surface area contributed by atoms with Crippen molar-refractivity contribution in [1.29, 1.82) is 0 Å². The quantitative estimate of drug-likeness (QED) is 0.575. The van der Waals surface area contributed by atoms with Gasteiger partial charge in [0.2, 0.25) is 5.91 Å². The standard InChI is InChI=1S/C19H22ClNO2S/c1-13-10-14(2)12-17(11-13)23-9-8-21-19(22)15(3)24-18-6-4-16(20)5-7-18/h4-7,10-12,15H,8-9H2,1-3H3,(H,21,22)/t15-/m1/s1. The van der Waals surface area contributed by atoms with Gasteiger partial charge in [-0.1, -0.05) is 17.7 Å². The van der Waals surface area contributed by atoms with E-state index in [1.165, 1.54) is 22.9 Å². The summed E-state index contributed by atoms with van der Waals surface area (Å²) in [5.41, 5.74) is 2.34. The number of ether oxygens (including phenoxy) is 1. The first-order valence-electron chi connectivity index (χ1n) is 7.85. The van der Waals surface area contributed by atoms with Gasteiger partial charge in [0.15, 0.2) is 0 Å². The third-order valence-electron chi connectivity index (χ3n) is 3.36. The molecule has 0 bridgehead atoms. The van der Waals surface area contributed by atoms with E-state index in [1.807, 2.05) is 57.2 Å². The highest BCUT2D eigenvalue weighted by Crippen LogP contribution is 2.24. The Bertz CT molecular complexity index is 668. The van der Waals surface area contributed by atoms with E-state index in [1.54, 1.807) is 0 Å². The molecule has 0 saturated carbocycles. The molecule has 2 aromatic rings. The van der Waals surface area contributed by atoms with Crippen molar-refractivity contribution in [3.05, 3.63) is 58.6 Å². The van der Waals surface area contributed by atoms with E-state index in [-0.39, 0.29) is 11.2 Å². The molecule has 0 aromatic heterocycles. The van der Waals surface area contributed by atoms with Crippen molar-refractivity contribution in [2.45, 2.75) is 30.9 Å². The zero-order valence-electron chi connectivity index (χ0n) is 14.1. The molecule has 1 atom stereocenters. The fourth-order valence-corrected chi connectivity index (χ4v) is 3.29. The molecule has 1 amide bonds. The van der Waals surface area contributed by atoms with E-state index < -0.39 is 0 Å². The lowest BCUT2D eigenvalue weighted by atomic mass is 10.1. The third-order valence-corrected chi connectivity index (χ3v) is 4.72. The number of hydrogen-bond acceptors (Lipinski definition) is 3. The Morgan fingerprint density at radius 1 is 1.17 bits per heavy atom. The number of amides is 1. The van der Waals surface area contributed by atoms with Crippen LogP contribution in [-0.2, 0) is 4.79 Å². The Kier molecular flexibility index (Phi) is 7.00. The molecular weight excluding hydrogens is 342 g/mol. The van der Waals surface area contributed by atoms with Crippen LogP contribution in [0, 0.1) is 13.8 Å². The second-order valence-electron chi connectivity index (χ2n) is 5.68. The number of rotatable bonds is 7. The second-order valence-corrected chi connectivity index (χ2v) is 7.53. The van der Waals surface area contributed by atoms with Gasteiger partial charge < -0.3 is 10.1 Å². The number of carbonyl (C=O) groups is 1. The summed E-state index contributed by atoms with van der Waals surface area (Å²) in [4.78, 5) is 13.1. The molecule has 0 aliphatic carbocycles. The molecule has 128 valence electrons. The molecule has 3 nitrogen and oxygen atoms in total. The number of hydrogen-bond donors (Lipinski definition) is 1. The maximum atomic E-state index is 12.1. The summed E-state index contributed by atoms with van der Waals surface area (Å²) in [6, 6.07) is 13.6. The zero-order chi connectivity index (χ0) is 17.5. The Balaban J connectivity index is 1.73. The average molecular weight is 364 g/mol. The van der Waals surface area contributed by atoms with Gasteiger partial charge in [-0.2, -0.15) is 0 Å². The van der Waals surface area contributed by atoms with Crippen LogP contribution >= 0.6 is 23.4 Å². The molecule has 1 N–H and O–H groups in total. The van der Waals surface area contributed by atoms with E-state index in [2.05, 4.69) is 11.4 Å². The monoisotopic (exact) mass is 363 g/mol. The van der Waals surface area contributed by atoms with E-state index in [0.717, 1.165) is 10.6 Å². The number of thioether (sulfide) groups is 1. The van der Waals surface area contributed by atoms with Gasteiger partial charge in [0.05, 0.1) is 11.8 Å². The molecule has 24 heavy (non-hydrogen) atoms. The molecule has 2 aromatic carbocycles. The lowest BCUT2D eigenvalue weighted by Gasteiger charge is -2.13. The maximum Gasteiger partial charge on any atom is 0.233 e. The van der Waals surface area contributed by atoms with Gasteiger partial charge >= 0.3 is 0 Å². The number of carbonyl (C=O) groups excluding carboxylic acids is 1. The maximum absolute atomic E-state index is 12.1. The van der Waals surface area contributed by atoms with Gasteiger partial charge in [-0.3, -0.25) is 4.79 Å². The van der Waals surface area contributed by atoms with Crippen LogP contribution in [0.15, 0.2) is 47.4 Å².